The lowest BCUT2D eigenvalue weighted by atomic mass is 10.1. The smallest absolute Gasteiger partial charge is 0.257 e. The van der Waals surface area contributed by atoms with E-state index >= 15 is 0 Å². The van der Waals surface area contributed by atoms with Gasteiger partial charge in [0, 0.05) is 28.8 Å². The van der Waals surface area contributed by atoms with Gasteiger partial charge in [-0.3, -0.25) is 9.78 Å². The van der Waals surface area contributed by atoms with Crippen LogP contribution < -0.4 is 11.1 Å². The number of rotatable bonds is 2. The van der Waals surface area contributed by atoms with E-state index in [1.165, 1.54) is 0 Å². The number of aryl methyl sites for hydroxylation is 1. The third-order valence-corrected chi connectivity index (χ3v) is 2.76. The molecular weight excluding hydrogens is 250 g/mol. The van der Waals surface area contributed by atoms with Gasteiger partial charge in [-0.05, 0) is 36.8 Å². The van der Waals surface area contributed by atoms with Crippen molar-refractivity contribution < 1.29 is 4.79 Å². The molecule has 2 rings (SSSR count). The molecule has 0 aliphatic heterocycles. The molecule has 0 saturated heterocycles. The van der Waals surface area contributed by atoms with Gasteiger partial charge in [-0.1, -0.05) is 11.6 Å². The molecule has 92 valence electrons. The molecule has 0 radical (unpaired) electrons. The summed E-state index contributed by atoms with van der Waals surface area (Å²) >= 11 is 5.79. The maximum atomic E-state index is 12.0. The number of hydrogen-bond acceptors (Lipinski definition) is 3. The second kappa shape index (κ2) is 5.06. The number of nitrogens with zero attached hydrogens (tertiary/aromatic N) is 1. The summed E-state index contributed by atoms with van der Waals surface area (Å²) in [6.07, 6.45) is 3.30. The predicted molar refractivity (Wildman–Crippen MR) is 72.8 cm³/mol. The number of nitrogen functional groups attached to an aromatic ring is 1. The Morgan fingerprint density at radius 2 is 2.17 bits per heavy atom. The average Bonchev–Trinajstić information content (AvgIpc) is 2.32. The number of carbonyl (C=O) groups is 1. The van der Waals surface area contributed by atoms with Crippen LogP contribution in [0.3, 0.4) is 0 Å². The molecule has 1 amide bonds. The van der Waals surface area contributed by atoms with Gasteiger partial charge in [0.25, 0.3) is 5.91 Å². The number of halogens is 1. The van der Waals surface area contributed by atoms with Crippen LogP contribution in [-0.4, -0.2) is 10.9 Å². The van der Waals surface area contributed by atoms with E-state index in [0.717, 1.165) is 5.56 Å². The summed E-state index contributed by atoms with van der Waals surface area (Å²) in [4.78, 5) is 16.0. The van der Waals surface area contributed by atoms with Crippen LogP contribution in [0.15, 0.2) is 36.7 Å². The van der Waals surface area contributed by atoms with Crippen LogP contribution in [0.4, 0.5) is 11.4 Å². The summed E-state index contributed by atoms with van der Waals surface area (Å²) in [6.45, 7) is 1.87. The van der Waals surface area contributed by atoms with Crippen LogP contribution >= 0.6 is 11.6 Å². The fourth-order valence-electron chi connectivity index (χ4n) is 1.54. The van der Waals surface area contributed by atoms with Gasteiger partial charge < -0.3 is 11.1 Å². The maximum Gasteiger partial charge on any atom is 0.257 e. The summed E-state index contributed by atoms with van der Waals surface area (Å²) in [5, 5.41) is 3.29. The van der Waals surface area contributed by atoms with Crippen molar-refractivity contribution in [3.05, 3.63) is 52.8 Å². The molecule has 0 aliphatic carbocycles. The third kappa shape index (κ3) is 2.60. The van der Waals surface area contributed by atoms with E-state index in [1.54, 1.807) is 36.7 Å². The zero-order valence-electron chi connectivity index (χ0n) is 9.77. The first-order valence-corrected chi connectivity index (χ1v) is 5.72. The molecule has 0 atom stereocenters. The molecule has 1 aromatic heterocycles. The van der Waals surface area contributed by atoms with E-state index in [4.69, 9.17) is 17.3 Å². The zero-order chi connectivity index (χ0) is 13.1. The number of nitrogens with two attached hydrogens (primary N) is 1. The lowest BCUT2D eigenvalue weighted by Gasteiger charge is -2.09. The van der Waals surface area contributed by atoms with Crippen LogP contribution in [0.5, 0.6) is 0 Å². The first-order chi connectivity index (χ1) is 8.58. The molecule has 0 saturated carbocycles. The summed E-state index contributed by atoms with van der Waals surface area (Å²) in [5.74, 6) is -0.265. The zero-order valence-corrected chi connectivity index (χ0v) is 10.5. The first-order valence-electron chi connectivity index (χ1n) is 5.35. The molecule has 0 unspecified atom stereocenters. The number of anilines is 2. The van der Waals surface area contributed by atoms with Crippen molar-refractivity contribution in [3.63, 3.8) is 0 Å². The molecule has 0 fully saturated rings. The first kappa shape index (κ1) is 12.4. The SMILES string of the molecule is Cc1cnccc1NC(=O)c1ccc(Cl)cc1N. The fourth-order valence-corrected chi connectivity index (χ4v) is 1.72. The van der Waals surface area contributed by atoms with Gasteiger partial charge in [-0.15, -0.1) is 0 Å². The second-order valence-electron chi connectivity index (χ2n) is 3.88. The Kier molecular flexibility index (Phi) is 3.48. The topological polar surface area (TPSA) is 68.0 Å². The van der Waals surface area contributed by atoms with Gasteiger partial charge in [0.15, 0.2) is 0 Å². The van der Waals surface area contributed by atoms with Gasteiger partial charge in [-0.2, -0.15) is 0 Å². The van der Waals surface area contributed by atoms with Gasteiger partial charge in [-0.25, -0.2) is 0 Å². The molecule has 3 N–H and O–H groups in total. The number of pyridine rings is 1. The number of nitrogens with one attached hydrogen (secondary N) is 1. The third-order valence-electron chi connectivity index (χ3n) is 2.53. The Balaban J connectivity index is 2.25. The Morgan fingerprint density at radius 1 is 1.39 bits per heavy atom. The summed E-state index contributed by atoms with van der Waals surface area (Å²) < 4.78 is 0. The molecule has 18 heavy (non-hydrogen) atoms. The molecule has 1 heterocycles. The Labute approximate surface area is 110 Å². The molecule has 1 aromatic carbocycles. The molecule has 5 heteroatoms. The molecule has 4 nitrogen and oxygen atoms in total. The van der Waals surface area contributed by atoms with E-state index in [0.29, 0.717) is 22.0 Å². The number of hydrogen-bond donors (Lipinski definition) is 2. The highest BCUT2D eigenvalue weighted by Gasteiger charge is 2.11. The maximum absolute atomic E-state index is 12.0. The average molecular weight is 262 g/mol. The highest BCUT2D eigenvalue weighted by molar-refractivity contribution is 6.31. The predicted octanol–water partition coefficient (Wildman–Crippen LogP) is 2.88. The highest BCUT2D eigenvalue weighted by Crippen LogP contribution is 2.20. The van der Waals surface area contributed by atoms with Crippen molar-refractivity contribution in [3.8, 4) is 0 Å². The van der Waals surface area contributed by atoms with Crippen molar-refractivity contribution in [1.29, 1.82) is 0 Å². The number of amides is 1. The monoisotopic (exact) mass is 261 g/mol. The Bertz CT molecular complexity index is 599. The largest absolute Gasteiger partial charge is 0.398 e. The van der Waals surface area contributed by atoms with E-state index in [9.17, 15) is 4.79 Å². The number of aromatic nitrogens is 1. The second-order valence-corrected chi connectivity index (χ2v) is 4.31. The van der Waals surface area contributed by atoms with E-state index in [2.05, 4.69) is 10.3 Å². The van der Waals surface area contributed by atoms with Crippen molar-refractivity contribution in [2.24, 2.45) is 0 Å². The van der Waals surface area contributed by atoms with Crippen molar-refractivity contribution >= 4 is 28.9 Å². The van der Waals surface area contributed by atoms with Gasteiger partial charge in [0.05, 0.1) is 5.56 Å². The number of benzene rings is 1. The minimum absolute atomic E-state index is 0.265. The van der Waals surface area contributed by atoms with Crippen LogP contribution in [0.2, 0.25) is 5.02 Å². The molecule has 0 aliphatic rings. The van der Waals surface area contributed by atoms with E-state index in [1.807, 2.05) is 6.92 Å². The quantitative estimate of drug-likeness (QED) is 0.817. The Hall–Kier alpha value is -2.07. The summed E-state index contributed by atoms with van der Waals surface area (Å²) in [7, 11) is 0. The number of carbonyl (C=O) groups excluding carboxylic acids is 1. The van der Waals surface area contributed by atoms with Crippen molar-refractivity contribution in [2.75, 3.05) is 11.1 Å². The van der Waals surface area contributed by atoms with Crippen LogP contribution in [-0.2, 0) is 0 Å². The normalized spacial score (nSPS) is 10.1. The van der Waals surface area contributed by atoms with Gasteiger partial charge >= 0.3 is 0 Å². The Morgan fingerprint density at radius 3 is 2.83 bits per heavy atom. The lowest BCUT2D eigenvalue weighted by Crippen LogP contribution is -2.14. The highest BCUT2D eigenvalue weighted by atomic mass is 35.5. The fraction of sp³-hybridized carbons (Fsp3) is 0.0769. The lowest BCUT2D eigenvalue weighted by molar-refractivity contribution is 0.102. The van der Waals surface area contributed by atoms with E-state index < -0.39 is 0 Å². The standard InChI is InChI=1S/C13H12ClN3O/c1-8-7-16-5-4-12(8)17-13(18)10-3-2-9(14)6-11(10)15/h2-7H,15H2,1H3,(H,16,17,18). The van der Waals surface area contributed by atoms with Crippen molar-refractivity contribution in [1.82, 2.24) is 4.98 Å². The summed E-state index contributed by atoms with van der Waals surface area (Å²) in [6, 6.07) is 6.52. The van der Waals surface area contributed by atoms with Gasteiger partial charge in [0.1, 0.15) is 0 Å². The minimum Gasteiger partial charge on any atom is -0.398 e. The van der Waals surface area contributed by atoms with E-state index in [-0.39, 0.29) is 5.91 Å². The minimum atomic E-state index is -0.265. The van der Waals surface area contributed by atoms with Crippen LogP contribution in [0, 0.1) is 6.92 Å². The van der Waals surface area contributed by atoms with Crippen molar-refractivity contribution in [2.45, 2.75) is 6.92 Å². The molecule has 2 aromatic rings. The van der Waals surface area contributed by atoms with Gasteiger partial charge in [0.2, 0.25) is 0 Å². The van der Waals surface area contributed by atoms with Crippen LogP contribution in [0.1, 0.15) is 15.9 Å². The summed E-state index contributed by atoms with van der Waals surface area (Å²) in [5.41, 5.74) is 8.11. The molecule has 0 spiro atoms. The molecular formula is C13H12ClN3O. The van der Waals surface area contributed by atoms with Crippen LogP contribution in [0.25, 0.3) is 0 Å². The molecule has 0 bridgehead atoms.